The predicted octanol–water partition coefficient (Wildman–Crippen LogP) is 4.17. The average Bonchev–Trinajstić information content (AvgIpc) is 3.46. The molecule has 7 nitrogen and oxygen atoms in total. The highest BCUT2D eigenvalue weighted by Crippen LogP contribution is 2.39. The van der Waals surface area contributed by atoms with Crippen molar-refractivity contribution in [1.82, 2.24) is 29.6 Å². The number of aromatic nitrogens is 5. The number of pyridine rings is 1. The molecule has 5 rings (SSSR count). The molecule has 0 radical (unpaired) electrons. The van der Waals surface area contributed by atoms with Crippen molar-refractivity contribution in [3.63, 3.8) is 0 Å². The Morgan fingerprint density at radius 1 is 1.22 bits per heavy atom. The Balaban J connectivity index is 1.45. The van der Waals surface area contributed by atoms with Gasteiger partial charge >= 0.3 is 0 Å². The summed E-state index contributed by atoms with van der Waals surface area (Å²) in [5.74, 6) is 0.310. The van der Waals surface area contributed by atoms with Crippen molar-refractivity contribution in [2.75, 3.05) is 13.1 Å². The molecule has 1 aliphatic rings. The van der Waals surface area contributed by atoms with Crippen LogP contribution in [0.5, 0.6) is 0 Å². The Hall–Kier alpha value is -3.48. The highest BCUT2D eigenvalue weighted by molar-refractivity contribution is 5.98. The van der Waals surface area contributed by atoms with E-state index in [0.29, 0.717) is 6.54 Å². The van der Waals surface area contributed by atoms with E-state index in [-0.39, 0.29) is 17.7 Å². The van der Waals surface area contributed by atoms with Gasteiger partial charge in [-0.1, -0.05) is 18.6 Å². The molecule has 7 heteroatoms. The van der Waals surface area contributed by atoms with Crippen LogP contribution < -0.4 is 0 Å². The van der Waals surface area contributed by atoms with Crippen LogP contribution in [-0.2, 0) is 11.3 Å². The number of aromatic amines is 1. The molecule has 1 fully saturated rings. The van der Waals surface area contributed by atoms with Crippen LogP contribution in [0.4, 0.5) is 0 Å². The van der Waals surface area contributed by atoms with Crippen molar-refractivity contribution in [2.24, 2.45) is 5.92 Å². The van der Waals surface area contributed by atoms with E-state index in [2.05, 4.69) is 57.3 Å². The Kier molecular flexibility index (Phi) is 5.47. The molecular formula is C25H28N6O. The van der Waals surface area contributed by atoms with Crippen molar-refractivity contribution in [1.29, 1.82) is 0 Å². The van der Waals surface area contributed by atoms with Crippen LogP contribution in [0, 0.1) is 12.8 Å². The van der Waals surface area contributed by atoms with Crippen LogP contribution in [0.15, 0.2) is 55.4 Å². The quantitative estimate of drug-likeness (QED) is 0.517. The molecule has 1 amide bonds. The number of nitrogens with zero attached hydrogens (tertiary/aromatic N) is 5. The molecule has 0 saturated carbocycles. The average molecular weight is 429 g/mol. The summed E-state index contributed by atoms with van der Waals surface area (Å²) in [6.07, 6.45) is 8.91. The van der Waals surface area contributed by atoms with E-state index in [1.807, 2.05) is 24.2 Å². The van der Waals surface area contributed by atoms with Gasteiger partial charge in [0.2, 0.25) is 5.91 Å². The number of H-pyrrole nitrogens is 1. The van der Waals surface area contributed by atoms with E-state index in [0.717, 1.165) is 37.0 Å². The van der Waals surface area contributed by atoms with Gasteiger partial charge in [-0.2, -0.15) is 5.10 Å². The third-order valence-electron chi connectivity index (χ3n) is 6.44. The van der Waals surface area contributed by atoms with Crippen molar-refractivity contribution < 1.29 is 4.79 Å². The molecule has 4 heterocycles. The minimum absolute atomic E-state index is 0.138. The Labute approximate surface area is 187 Å². The summed E-state index contributed by atoms with van der Waals surface area (Å²) < 4.78 is 1.73. The first-order chi connectivity index (χ1) is 15.6. The fraction of sp³-hybridized carbons (Fsp3) is 0.360. The zero-order valence-corrected chi connectivity index (χ0v) is 18.5. The molecule has 1 N–H and O–H groups in total. The zero-order valence-electron chi connectivity index (χ0n) is 18.5. The van der Waals surface area contributed by atoms with E-state index in [4.69, 9.17) is 0 Å². The third kappa shape index (κ3) is 3.90. The summed E-state index contributed by atoms with van der Waals surface area (Å²) in [6.45, 7) is 6.18. The molecule has 164 valence electrons. The van der Waals surface area contributed by atoms with Gasteiger partial charge < -0.3 is 9.88 Å². The molecule has 0 spiro atoms. The Morgan fingerprint density at radius 3 is 2.84 bits per heavy atom. The predicted molar refractivity (Wildman–Crippen MR) is 124 cm³/mol. The Morgan fingerprint density at radius 2 is 2.06 bits per heavy atom. The lowest BCUT2D eigenvalue weighted by molar-refractivity contribution is -0.136. The van der Waals surface area contributed by atoms with E-state index in [1.165, 1.54) is 28.5 Å². The number of aryl methyl sites for hydroxylation is 1. The molecular weight excluding hydrogens is 400 g/mol. The van der Waals surface area contributed by atoms with E-state index in [1.54, 1.807) is 11.0 Å². The SMILES string of the molecule is Cc1ccc2[nH]c(C3CCCN(C(=O)C(C)Cn4cncn4)C3)c(-c3ccncc3)c2c1. The number of rotatable bonds is 5. The standard InChI is InChI=1S/C25H28N6O/c1-17-5-6-22-21(12-17)23(19-7-9-26-10-8-19)24(29-22)20-4-3-11-30(14-20)25(32)18(2)13-31-16-27-15-28-31/h5-10,12,15-16,18,20,29H,3-4,11,13-14H2,1-2H3. The normalized spacial score (nSPS) is 17.6. The number of fused-ring (bicyclic) bond motifs is 1. The molecule has 2 unspecified atom stereocenters. The van der Waals surface area contributed by atoms with Crippen molar-refractivity contribution in [3.05, 3.63) is 66.6 Å². The number of piperidine rings is 1. The van der Waals surface area contributed by atoms with Crippen molar-refractivity contribution >= 4 is 16.8 Å². The lowest BCUT2D eigenvalue weighted by atomic mass is 9.89. The van der Waals surface area contributed by atoms with Crippen molar-refractivity contribution in [3.8, 4) is 11.1 Å². The van der Waals surface area contributed by atoms with Gasteiger partial charge in [0.25, 0.3) is 0 Å². The maximum atomic E-state index is 13.2. The van der Waals surface area contributed by atoms with Gasteiger partial charge in [0.05, 0.1) is 12.5 Å². The molecule has 1 saturated heterocycles. The molecule has 0 aliphatic carbocycles. The van der Waals surface area contributed by atoms with Gasteiger partial charge in [-0.3, -0.25) is 14.5 Å². The molecule has 1 aromatic carbocycles. The molecule has 32 heavy (non-hydrogen) atoms. The number of amides is 1. The van der Waals surface area contributed by atoms with Crippen LogP contribution in [0.1, 0.15) is 36.9 Å². The number of nitrogens with one attached hydrogen (secondary N) is 1. The fourth-order valence-corrected chi connectivity index (χ4v) is 4.87. The number of benzene rings is 1. The van der Waals surface area contributed by atoms with Crippen LogP contribution in [0.25, 0.3) is 22.0 Å². The number of carbonyl (C=O) groups is 1. The summed E-state index contributed by atoms with van der Waals surface area (Å²) in [5.41, 5.74) is 6.00. The zero-order chi connectivity index (χ0) is 22.1. The number of likely N-dealkylation sites (tertiary alicyclic amines) is 1. The van der Waals surface area contributed by atoms with Crippen molar-refractivity contribution in [2.45, 2.75) is 39.2 Å². The largest absolute Gasteiger partial charge is 0.358 e. The molecule has 0 bridgehead atoms. The summed E-state index contributed by atoms with van der Waals surface area (Å²) in [6, 6.07) is 10.7. The first kappa shape index (κ1) is 20.4. The van der Waals surface area contributed by atoms with Crippen LogP contribution in [-0.4, -0.2) is 48.6 Å². The Bertz CT molecular complexity index is 1210. The smallest absolute Gasteiger partial charge is 0.227 e. The lowest BCUT2D eigenvalue weighted by Crippen LogP contribution is -2.42. The highest BCUT2D eigenvalue weighted by Gasteiger charge is 2.30. The summed E-state index contributed by atoms with van der Waals surface area (Å²) in [7, 11) is 0. The topological polar surface area (TPSA) is 79.7 Å². The van der Waals surface area contributed by atoms with E-state index < -0.39 is 0 Å². The fourth-order valence-electron chi connectivity index (χ4n) is 4.87. The van der Waals surface area contributed by atoms with Crippen LogP contribution in [0.3, 0.4) is 0 Å². The summed E-state index contributed by atoms with van der Waals surface area (Å²) in [5, 5.41) is 5.38. The first-order valence-corrected chi connectivity index (χ1v) is 11.2. The van der Waals surface area contributed by atoms with Crippen LogP contribution >= 0.6 is 0 Å². The lowest BCUT2D eigenvalue weighted by Gasteiger charge is -2.34. The maximum Gasteiger partial charge on any atom is 0.227 e. The highest BCUT2D eigenvalue weighted by atomic mass is 16.2. The number of hydrogen-bond acceptors (Lipinski definition) is 4. The van der Waals surface area contributed by atoms with Crippen LogP contribution in [0.2, 0.25) is 0 Å². The first-order valence-electron chi connectivity index (χ1n) is 11.2. The summed E-state index contributed by atoms with van der Waals surface area (Å²) >= 11 is 0. The molecule has 4 aromatic rings. The van der Waals surface area contributed by atoms with Gasteiger partial charge in [0.1, 0.15) is 12.7 Å². The molecule has 2 atom stereocenters. The third-order valence-corrected chi connectivity index (χ3v) is 6.44. The van der Waals surface area contributed by atoms with Gasteiger partial charge in [-0.25, -0.2) is 4.98 Å². The summed E-state index contributed by atoms with van der Waals surface area (Å²) in [4.78, 5) is 27.1. The molecule has 1 aliphatic heterocycles. The van der Waals surface area contributed by atoms with Gasteiger partial charge in [0.15, 0.2) is 0 Å². The second-order valence-corrected chi connectivity index (χ2v) is 8.84. The number of carbonyl (C=O) groups excluding carboxylic acids is 1. The number of hydrogen-bond donors (Lipinski definition) is 1. The maximum absolute atomic E-state index is 13.2. The second-order valence-electron chi connectivity index (χ2n) is 8.84. The van der Waals surface area contributed by atoms with Gasteiger partial charge in [0, 0.05) is 53.6 Å². The van der Waals surface area contributed by atoms with E-state index >= 15 is 0 Å². The second kappa shape index (κ2) is 8.57. The monoisotopic (exact) mass is 428 g/mol. The minimum Gasteiger partial charge on any atom is -0.358 e. The molecule has 3 aromatic heterocycles. The van der Waals surface area contributed by atoms with E-state index in [9.17, 15) is 4.79 Å². The van der Waals surface area contributed by atoms with Gasteiger partial charge in [-0.05, 0) is 49.6 Å². The van der Waals surface area contributed by atoms with Gasteiger partial charge in [-0.15, -0.1) is 0 Å². The minimum atomic E-state index is -0.138.